The number of aryl methyl sites for hydroxylation is 2. The van der Waals surface area contributed by atoms with Crippen molar-refractivity contribution in [1.29, 1.82) is 0 Å². The Hall–Kier alpha value is -1.37. The van der Waals surface area contributed by atoms with Crippen LogP contribution in [0.3, 0.4) is 0 Å². The zero-order valence-electron chi connectivity index (χ0n) is 9.76. The minimum Gasteiger partial charge on any atom is -0.300 e. The molecule has 0 aliphatic rings. The van der Waals surface area contributed by atoms with Gasteiger partial charge in [-0.15, -0.1) is 0 Å². The predicted molar refractivity (Wildman–Crippen MR) is 64.9 cm³/mol. The summed E-state index contributed by atoms with van der Waals surface area (Å²) in [7, 11) is 0. The highest BCUT2D eigenvalue weighted by atomic mass is 16.1. The summed E-state index contributed by atoms with van der Waals surface area (Å²) in [6.07, 6.45) is 1.35. The Balaban J connectivity index is 2.74. The van der Waals surface area contributed by atoms with Crippen molar-refractivity contribution in [2.24, 2.45) is 0 Å². The van der Waals surface area contributed by atoms with Gasteiger partial charge in [-0.2, -0.15) is 0 Å². The van der Waals surface area contributed by atoms with E-state index in [1.165, 1.54) is 11.1 Å². The molecule has 1 aromatic rings. The van der Waals surface area contributed by atoms with Crippen molar-refractivity contribution in [3.8, 4) is 0 Å². The van der Waals surface area contributed by atoms with Gasteiger partial charge in [0.1, 0.15) is 5.78 Å². The molecule has 1 heteroatoms. The second kappa shape index (κ2) is 4.92. The number of carbonyl (C=O) groups excluding carboxylic acids is 1. The molecule has 15 heavy (non-hydrogen) atoms. The van der Waals surface area contributed by atoms with Crippen molar-refractivity contribution >= 4 is 11.4 Å². The first-order valence-corrected chi connectivity index (χ1v) is 5.25. The van der Waals surface area contributed by atoms with Crippen LogP contribution < -0.4 is 0 Å². The van der Waals surface area contributed by atoms with Crippen LogP contribution in [-0.2, 0) is 4.79 Å². The SMILES string of the molecule is C=C(CCC(C)=O)c1ccc(C)c(C)c1. The van der Waals surface area contributed by atoms with Gasteiger partial charge in [0.2, 0.25) is 0 Å². The quantitative estimate of drug-likeness (QED) is 0.727. The van der Waals surface area contributed by atoms with E-state index in [1.54, 1.807) is 6.92 Å². The molecule has 0 saturated heterocycles. The third-order valence-electron chi connectivity index (χ3n) is 2.69. The zero-order chi connectivity index (χ0) is 11.4. The van der Waals surface area contributed by atoms with Gasteiger partial charge in [-0.05, 0) is 49.5 Å². The number of Topliss-reactive ketones (excluding diaryl/α,β-unsaturated/α-hetero) is 1. The molecule has 1 aromatic carbocycles. The molecule has 0 spiro atoms. The molecule has 0 fully saturated rings. The summed E-state index contributed by atoms with van der Waals surface area (Å²) in [6, 6.07) is 6.31. The summed E-state index contributed by atoms with van der Waals surface area (Å²) >= 11 is 0. The first-order valence-electron chi connectivity index (χ1n) is 5.25. The number of ketones is 1. The van der Waals surface area contributed by atoms with Gasteiger partial charge in [0.25, 0.3) is 0 Å². The van der Waals surface area contributed by atoms with Gasteiger partial charge in [-0.3, -0.25) is 0 Å². The van der Waals surface area contributed by atoms with E-state index >= 15 is 0 Å². The molecule has 0 bridgehead atoms. The van der Waals surface area contributed by atoms with E-state index in [4.69, 9.17) is 0 Å². The Labute approximate surface area is 91.8 Å². The van der Waals surface area contributed by atoms with E-state index in [0.717, 1.165) is 17.6 Å². The van der Waals surface area contributed by atoms with Crippen LogP contribution in [0.15, 0.2) is 24.8 Å². The van der Waals surface area contributed by atoms with E-state index in [1.807, 2.05) is 0 Å². The Morgan fingerprint density at radius 1 is 1.20 bits per heavy atom. The molecule has 0 aromatic heterocycles. The van der Waals surface area contributed by atoms with Crippen LogP contribution in [-0.4, -0.2) is 5.78 Å². The third kappa shape index (κ3) is 3.35. The molecule has 0 radical (unpaired) electrons. The van der Waals surface area contributed by atoms with Crippen molar-refractivity contribution in [2.45, 2.75) is 33.6 Å². The summed E-state index contributed by atoms with van der Waals surface area (Å²) in [5.74, 6) is 0.222. The third-order valence-corrected chi connectivity index (χ3v) is 2.69. The van der Waals surface area contributed by atoms with Crippen LogP contribution in [0, 0.1) is 13.8 Å². The Morgan fingerprint density at radius 3 is 2.40 bits per heavy atom. The fourth-order valence-electron chi connectivity index (χ4n) is 1.43. The number of hydrogen-bond acceptors (Lipinski definition) is 1. The maximum Gasteiger partial charge on any atom is 0.130 e. The van der Waals surface area contributed by atoms with Gasteiger partial charge in [0.15, 0.2) is 0 Å². The van der Waals surface area contributed by atoms with Crippen LogP contribution in [0.5, 0.6) is 0 Å². The number of benzene rings is 1. The fraction of sp³-hybridized carbons (Fsp3) is 0.357. The topological polar surface area (TPSA) is 17.1 Å². The van der Waals surface area contributed by atoms with Crippen molar-refractivity contribution in [3.05, 3.63) is 41.5 Å². The zero-order valence-corrected chi connectivity index (χ0v) is 9.76. The number of hydrogen-bond donors (Lipinski definition) is 0. The minimum atomic E-state index is 0.222. The number of rotatable bonds is 4. The van der Waals surface area contributed by atoms with Crippen molar-refractivity contribution < 1.29 is 4.79 Å². The van der Waals surface area contributed by atoms with Crippen LogP contribution in [0.1, 0.15) is 36.5 Å². The van der Waals surface area contributed by atoms with Gasteiger partial charge in [0.05, 0.1) is 0 Å². The fourth-order valence-corrected chi connectivity index (χ4v) is 1.43. The van der Waals surface area contributed by atoms with E-state index < -0.39 is 0 Å². The lowest BCUT2D eigenvalue weighted by Crippen LogP contribution is -1.92. The molecule has 0 aliphatic heterocycles. The van der Waals surface area contributed by atoms with Gasteiger partial charge < -0.3 is 4.79 Å². The van der Waals surface area contributed by atoms with Gasteiger partial charge in [-0.25, -0.2) is 0 Å². The Kier molecular flexibility index (Phi) is 3.84. The van der Waals surface area contributed by atoms with E-state index in [9.17, 15) is 4.79 Å². The lowest BCUT2D eigenvalue weighted by molar-refractivity contribution is -0.116. The van der Waals surface area contributed by atoms with Crippen molar-refractivity contribution in [3.63, 3.8) is 0 Å². The van der Waals surface area contributed by atoms with Gasteiger partial charge >= 0.3 is 0 Å². The average Bonchev–Trinajstić information content (AvgIpc) is 2.18. The maximum atomic E-state index is 10.9. The van der Waals surface area contributed by atoms with E-state index in [0.29, 0.717) is 6.42 Å². The highest BCUT2D eigenvalue weighted by Gasteiger charge is 2.02. The normalized spacial score (nSPS) is 10.1. The summed E-state index contributed by atoms with van der Waals surface area (Å²) in [4.78, 5) is 10.9. The second-order valence-electron chi connectivity index (χ2n) is 4.10. The molecule has 0 heterocycles. The number of carbonyl (C=O) groups is 1. The smallest absolute Gasteiger partial charge is 0.130 e. The molecule has 0 N–H and O–H groups in total. The van der Waals surface area contributed by atoms with E-state index in [2.05, 4.69) is 38.6 Å². The van der Waals surface area contributed by atoms with Crippen molar-refractivity contribution in [2.75, 3.05) is 0 Å². The Morgan fingerprint density at radius 2 is 1.87 bits per heavy atom. The largest absolute Gasteiger partial charge is 0.300 e. The highest BCUT2D eigenvalue weighted by Crippen LogP contribution is 2.20. The lowest BCUT2D eigenvalue weighted by atomic mass is 9.98. The van der Waals surface area contributed by atoms with Crippen LogP contribution in [0.25, 0.3) is 5.57 Å². The molecule has 0 saturated carbocycles. The predicted octanol–water partition coefficient (Wildman–Crippen LogP) is 3.69. The van der Waals surface area contributed by atoms with Gasteiger partial charge in [0, 0.05) is 6.42 Å². The maximum absolute atomic E-state index is 10.9. The summed E-state index contributed by atoms with van der Waals surface area (Å²) in [6.45, 7) is 9.82. The minimum absolute atomic E-state index is 0.222. The van der Waals surface area contributed by atoms with Crippen LogP contribution in [0.4, 0.5) is 0 Å². The molecule has 1 rings (SSSR count). The molecule has 0 aliphatic carbocycles. The molecular formula is C14H18O. The average molecular weight is 202 g/mol. The molecule has 0 atom stereocenters. The number of allylic oxidation sites excluding steroid dienone is 1. The van der Waals surface area contributed by atoms with Crippen molar-refractivity contribution in [1.82, 2.24) is 0 Å². The van der Waals surface area contributed by atoms with Crippen LogP contribution in [0.2, 0.25) is 0 Å². The summed E-state index contributed by atoms with van der Waals surface area (Å²) in [5, 5.41) is 0. The second-order valence-corrected chi connectivity index (χ2v) is 4.10. The summed E-state index contributed by atoms with van der Waals surface area (Å²) in [5.41, 5.74) is 4.77. The molecule has 1 nitrogen and oxygen atoms in total. The molecule has 80 valence electrons. The molecule has 0 amide bonds. The highest BCUT2D eigenvalue weighted by molar-refractivity contribution is 5.78. The monoisotopic (exact) mass is 202 g/mol. The van der Waals surface area contributed by atoms with Crippen LogP contribution >= 0.6 is 0 Å². The molecular weight excluding hydrogens is 184 g/mol. The lowest BCUT2D eigenvalue weighted by Gasteiger charge is -2.07. The Bertz CT molecular complexity index is 388. The first-order chi connectivity index (χ1) is 7.00. The first kappa shape index (κ1) is 11.7. The standard InChI is InChI=1S/C14H18O/c1-10-6-8-14(9-12(10)3)11(2)5-7-13(4)15/h6,8-9H,2,5,7H2,1,3-4H3. The van der Waals surface area contributed by atoms with Gasteiger partial charge in [-0.1, -0.05) is 24.8 Å². The molecule has 0 unspecified atom stereocenters. The summed E-state index contributed by atoms with van der Waals surface area (Å²) < 4.78 is 0. The van der Waals surface area contributed by atoms with E-state index in [-0.39, 0.29) is 5.78 Å².